The van der Waals surface area contributed by atoms with Gasteiger partial charge in [0.05, 0.1) is 13.2 Å². The van der Waals surface area contributed by atoms with Gasteiger partial charge in [-0.2, -0.15) is 0 Å². The first kappa shape index (κ1) is 20.3. The average Bonchev–Trinajstić information content (AvgIpc) is 2.62. The Hall–Kier alpha value is -3.02. The molecule has 0 saturated heterocycles. The zero-order valence-electron chi connectivity index (χ0n) is 16.7. The van der Waals surface area contributed by atoms with Crippen LogP contribution < -0.4 is 15.4 Å². The van der Waals surface area contributed by atoms with Crippen LogP contribution in [0.2, 0.25) is 0 Å². The molecular formula is C21H27N3O3. The number of benzene rings is 2. The third-order valence-electron chi connectivity index (χ3n) is 4.34. The lowest BCUT2D eigenvalue weighted by Crippen LogP contribution is -2.31. The largest absolute Gasteiger partial charge is 0.496 e. The summed E-state index contributed by atoms with van der Waals surface area (Å²) < 4.78 is 5.39. The molecule has 0 radical (unpaired) electrons. The number of anilines is 1. The van der Waals surface area contributed by atoms with Crippen molar-refractivity contribution in [1.29, 1.82) is 0 Å². The molecule has 1 atom stereocenters. The number of urea groups is 1. The maximum Gasteiger partial charge on any atom is 0.319 e. The Bertz CT molecular complexity index is 847. The van der Waals surface area contributed by atoms with Gasteiger partial charge in [-0.05, 0) is 44.5 Å². The van der Waals surface area contributed by atoms with Gasteiger partial charge < -0.3 is 20.3 Å². The summed E-state index contributed by atoms with van der Waals surface area (Å²) in [7, 11) is 5.00. The number of nitrogens with zero attached hydrogens (tertiary/aromatic N) is 1. The normalized spacial score (nSPS) is 11.5. The molecule has 6 nitrogen and oxygen atoms in total. The molecule has 6 heteroatoms. The first-order valence-electron chi connectivity index (χ1n) is 8.77. The number of carbonyl (C=O) groups is 2. The molecule has 0 fully saturated rings. The van der Waals surface area contributed by atoms with Crippen molar-refractivity contribution in [2.24, 2.45) is 0 Å². The van der Waals surface area contributed by atoms with E-state index in [1.807, 2.05) is 45.0 Å². The number of hydrogen-bond acceptors (Lipinski definition) is 3. The molecule has 2 rings (SSSR count). The van der Waals surface area contributed by atoms with E-state index in [-0.39, 0.29) is 18.0 Å². The Labute approximate surface area is 160 Å². The van der Waals surface area contributed by atoms with Gasteiger partial charge in [0, 0.05) is 30.9 Å². The highest BCUT2D eigenvalue weighted by atomic mass is 16.5. The van der Waals surface area contributed by atoms with Gasteiger partial charge in [0.15, 0.2) is 0 Å². The van der Waals surface area contributed by atoms with Crippen molar-refractivity contribution in [3.8, 4) is 5.75 Å². The van der Waals surface area contributed by atoms with Gasteiger partial charge in [0.2, 0.25) is 0 Å². The molecule has 0 unspecified atom stereocenters. The number of methoxy groups -OCH3 is 1. The summed E-state index contributed by atoms with van der Waals surface area (Å²) >= 11 is 0. The van der Waals surface area contributed by atoms with Gasteiger partial charge >= 0.3 is 6.03 Å². The van der Waals surface area contributed by atoms with Crippen LogP contribution in [0.3, 0.4) is 0 Å². The van der Waals surface area contributed by atoms with Crippen LogP contribution in [0.1, 0.15) is 40.0 Å². The first-order chi connectivity index (χ1) is 12.7. The summed E-state index contributed by atoms with van der Waals surface area (Å²) in [5, 5.41) is 5.76. The summed E-state index contributed by atoms with van der Waals surface area (Å²) in [6, 6.07) is 10.5. The number of rotatable bonds is 5. The van der Waals surface area contributed by atoms with Crippen molar-refractivity contribution in [2.75, 3.05) is 26.5 Å². The minimum Gasteiger partial charge on any atom is -0.496 e. The van der Waals surface area contributed by atoms with Crippen LogP contribution in [0.15, 0.2) is 36.4 Å². The summed E-state index contributed by atoms with van der Waals surface area (Å²) in [4.78, 5) is 26.1. The fraction of sp³-hybridized carbons (Fsp3) is 0.333. The lowest BCUT2D eigenvalue weighted by atomic mass is 10.0. The maximum atomic E-state index is 12.5. The van der Waals surface area contributed by atoms with Crippen molar-refractivity contribution >= 4 is 17.6 Å². The Kier molecular flexibility index (Phi) is 6.45. The molecule has 27 heavy (non-hydrogen) atoms. The van der Waals surface area contributed by atoms with E-state index in [0.717, 1.165) is 22.4 Å². The minimum atomic E-state index is -0.344. The van der Waals surface area contributed by atoms with E-state index in [1.165, 1.54) is 4.90 Å². The van der Waals surface area contributed by atoms with Crippen molar-refractivity contribution in [3.05, 3.63) is 58.7 Å². The van der Waals surface area contributed by atoms with Crippen molar-refractivity contribution in [1.82, 2.24) is 10.2 Å². The maximum absolute atomic E-state index is 12.5. The molecule has 0 aromatic heterocycles. The van der Waals surface area contributed by atoms with Gasteiger partial charge in [0.25, 0.3) is 5.91 Å². The molecule has 0 aliphatic heterocycles. The van der Waals surface area contributed by atoms with E-state index in [1.54, 1.807) is 33.3 Å². The van der Waals surface area contributed by atoms with Gasteiger partial charge in [-0.25, -0.2) is 4.79 Å². The second-order valence-corrected chi connectivity index (χ2v) is 6.79. The molecule has 0 heterocycles. The highest BCUT2D eigenvalue weighted by Gasteiger charge is 2.16. The minimum absolute atomic E-state index is 0.115. The zero-order valence-corrected chi connectivity index (χ0v) is 16.7. The molecule has 0 spiro atoms. The summed E-state index contributed by atoms with van der Waals surface area (Å²) in [5.41, 5.74) is 3.99. The predicted octanol–water partition coefficient (Wildman–Crippen LogP) is 3.90. The quantitative estimate of drug-likeness (QED) is 0.840. The van der Waals surface area contributed by atoms with E-state index in [2.05, 4.69) is 10.6 Å². The van der Waals surface area contributed by atoms with Crippen molar-refractivity contribution in [3.63, 3.8) is 0 Å². The molecule has 0 aliphatic rings. The summed E-state index contributed by atoms with van der Waals surface area (Å²) in [6.45, 7) is 5.77. The Balaban J connectivity index is 2.15. The SMILES string of the molecule is COc1ccc(C)cc1[C@H](C)NC(=O)Nc1cc(C(=O)N(C)C)ccc1C. The van der Waals surface area contributed by atoms with Crippen molar-refractivity contribution < 1.29 is 14.3 Å². The van der Waals surface area contributed by atoms with Gasteiger partial charge in [-0.3, -0.25) is 4.79 Å². The van der Waals surface area contributed by atoms with E-state index in [9.17, 15) is 9.59 Å². The van der Waals surface area contributed by atoms with Crippen molar-refractivity contribution in [2.45, 2.75) is 26.8 Å². The van der Waals surface area contributed by atoms with Crippen LogP contribution in [0.5, 0.6) is 5.75 Å². The van der Waals surface area contributed by atoms with Gasteiger partial charge in [0.1, 0.15) is 5.75 Å². The molecule has 144 valence electrons. The number of nitrogens with one attached hydrogen (secondary N) is 2. The number of amides is 3. The molecular weight excluding hydrogens is 342 g/mol. The van der Waals surface area contributed by atoms with E-state index < -0.39 is 0 Å². The molecule has 0 bridgehead atoms. The van der Waals surface area contributed by atoms with Crippen LogP contribution in [0.4, 0.5) is 10.5 Å². The third kappa shape index (κ3) is 5.00. The molecule has 2 aromatic rings. The number of hydrogen-bond donors (Lipinski definition) is 2. The van der Waals surface area contributed by atoms with Gasteiger partial charge in [-0.1, -0.05) is 23.8 Å². The van der Waals surface area contributed by atoms with Crippen LogP contribution in [-0.2, 0) is 0 Å². The van der Waals surface area contributed by atoms with Crippen LogP contribution in [0.25, 0.3) is 0 Å². The molecule has 2 aromatic carbocycles. The standard InChI is InChI=1S/C21H27N3O3/c1-13-7-10-19(27-6)17(11-13)15(3)22-21(26)23-18-12-16(9-8-14(18)2)20(25)24(4)5/h7-12,15H,1-6H3,(H2,22,23,26)/t15-/m0/s1. The highest BCUT2D eigenvalue weighted by molar-refractivity contribution is 5.97. The second-order valence-electron chi connectivity index (χ2n) is 6.79. The Morgan fingerprint density at radius 2 is 1.78 bits per heavy atom. The zero-order chi connectivity index (χ0) is 20.1. The topological polar surface area (TPSA) is 70.7 Å². The Morgan fingerprint density at radius 3 is 2.41 bits per heavy atom. The molecule has 0 saturated carbocycles. The molecule has 0 aliphatic carbocycles. The van der Waals surface area contributed by atoms with Crippen LogP contribution in [-0.4, -0.2) is 38.0 Å². The van der Waals surface area contributed by atoms with E-state index in [4.69, 9.17) is 4.74 Å². The monoisotopic (exact) mass is 369 g/mol. The fourth-order valence-electron chi connectivity index (χ4n) is 2.77. The third-order valence-corrected chi connectivity index (χ3v) is 4.34. The molecule has 2 N–H and O–H groups in total. The smallest absolute Gasteiger partial charge is 0.319 e. The predicted molar refractivity (Wildman–Crippen MR) is 107 cm³/mol. The van der Waals surface area contributed by atoms with Crippen LogP contribution >= 0.6 is 0 Å². The first-order valence-corrected chi connectivity index (χ1v) is 8.77. The number of aryl methyl sites for hydroxylation is 2. The van der Waals surface area contributed by atoms with Gasteiger partial charge in [-0.15, -0.1) is 0 Å². The lowest BCUT2D eigenvalue weighted by molar-refractivity contribution is 0.0827. The summed E-state index contributed by atoms with van der Waals surface area (Å²) in [6.07, 6.45) is 0. The number of carbonyl (C=O) groups excluding carboxylic acids is 2. The summed E-state index contributed by atoms with van der Waals surface area (Å²) in [5.74, 6) is 0.611. The number of ether oxygens (including phenoxy) is 1. The van der Waals surface area contributed by atoms with E-state index >= 15 is 0 Å². The fourth-order valence-corrected chi connectivity index (χ4v) is 2.77. The van der Waals surface area contributed by atoms with E-state index in [0.29, 0.717) is 11.3 Å². The average molecular weight is 369 g/mol. The lowest BCUT2D eigenvalue weighted by Gasteiger charge is -2.19. The highest BCUT2D eigenvalue weighted by Crippen LogP contribution is 2.26. The second kappa shape index (κ2) is 8.58. The Morgan fingerprint density at radius 1 is 1.07 bits per heavy atom. The molecule has 3 amide bonds. The van der Waals surface area contributed by atoms with Crippen LogP contribution in [0, 0.1) is 13.8 Å².